The van der Waals surface area contributed by atoms with E-state index in [1.165, 1.54) is 6.20 Å². The number of piperazine rings is 1. The maximum Gasteiger partial charge on any atom is 0.223 e. The fourth-order valence-electron chi connectivity index (χ4n) is 3.36. The topological polar surface area (TPSA) is 62.5 Å². The third-order valence-electron chi connectivity index (χ3n) is 4.22. The second-order valence-electron chi connectivity index (χ2n) is 5.46. The Morgan fingerprint density at radius 1 is 1.40 bits per heavy atom. The Bertz CT molecular complexity index is 496. The summed E-state index contributed by atoms with van der Waals surface area (Å²) in [6.07, 6.45) is 5.26. The maximum atomic E-state index is 13.9. The number of rotatable bonds is 3. The minimum atomic E-state index is -0.286. The molecule has 2 saturated heterocycles. The van der Waals surface area contributed by atoms with Crippen molar-refractivity contribution in [1.82, 2.24) is 9.88 Å². The zero-order valence-corrected chi connectivity index (χ0v) is 11.3. The number of carbonyl (C=O) groups excluding carboxylic acids is 1. The number of carbonyl (C=O) groups is 1. The Morgan fingerprint density at radius 3 is 2.70 bits per heavy atom. The van der Waals surface area contributed by atoms with Crippen molar-refractivity contribution in [3.8, 4) is 0 Å². The average Bonchev–Trinajstić information content (AvgIpc) is 2.69. The van der Waals surface area contributed by atoms with Gasteiger partial charge in [0.05, 0.1) is 11.9 Å². The Hall–Kier alpha value is -1.69. The van der Waals surface area contributed by atoms with Crippen LogP contribution in [0.2, 0.25) is 0 Å². The van der Waals surface area contributed by atoms with Crippen molar-refractivity contribution in [3.05, 3.63) is 24.3 Å². The third kappa shape index (κ3) is 2.24. The summed E-state index contributed by atoms with van der Waals surface area (Å²) in [6.45, 7) is 1.71. The predicted molar refractivity (Wildman–Crippen MR) is 73.7 cm³/mol. The van der Waals surface area contributed by atoms with Crippen LogP contribution in [0.4, 0.5) is 10.1 Å². The molecule has 0 saturated carbocycles. The summed E-state index contributed by atoms with van der Waals surface area (Å²) < 4.78 is 13.9. The highest BCUT2D eigenvalue weighted by atomic mass is 19.1. The number of halogens is 1. The molecule has 1 amide bonds. The molecule has 2 aliphatic rings. The normalized spacial score (nSPS) is 25.1. The van der Waals surface area contributed by atoms with Gasteiger partial charge < -0.3 is 15.5 Å². The predicted octanol–water partition coefficient (Wildman–Crippen LogP) is 0.749. The fraction of sp³-hybridized carbons (Fsp3) is 0.571. The van der Waals surface area contributed by atoms with Crippen LogP contribution in [-0.2, 0) is 4.79 Å². The van der Waals surface area contributed by atoms with Crippen molar-refractivity contribution in [2.45, 2.75) is 31.3 Å². The standard InChI is InChI=1S/C14H19FN4O/c15-12-7-17-6-4-13(12)19-10-1-2-11(19)9-18(8-10)14(20)3-5-16/h4,6-7,10-11H,1-3,5,8-9,16H2/t10-,11+. The number of hydrogen-bond acceptors (Lipinski definition) is 4. The third-order valence-corrected chi connectivity index (χ3v) is 4.22. The highest BCUT2D eigenvalue weighted by Crippen LogP contribution is 2.35. The second kappa shape index (κ2) is 5.36. The van der Waals surface area contributed by atoms with Gasteiger partial charge in [0.25, 0.3) is 0 Å². The van der Waals surface area contributed by atoms with Gasteiger partial charge in [0, 0.05) is 44.3 Å². The summed E-state index contributed by atoms with van der Waals surface area (Å²) in [5.74, 6) is -0.176. The molecule has 5 nitrogen and oxygen atoms in total. The SMILES string of the molecule is NCCC(=O)N1C[C@H]2CC[C@@H](C1)N2c1ccncc1F. The van der Waals surface area contributed by atoms with Crippen molar-refractivity contribution >= 4 is 11.6 Å². The smallest absolute Gasteiger partial charge is 0.223 e. The first-order valence-electron chi connectivity index (χ1n) is 7.06. The second-order valence-corrected chi connectivity index (χ2v) is 5.46. The van der Waals surface area contributed by atoms with Gasteiger partial charge in [0.2, 0.25) is 5.91 Å². The molecule has 0 aliphatic carbocycles. The first kappa shape index (κ1) is 13.3. The minimum absolute atomic E-state index is 0.110. The molecule has 3 rings (SSSR count). The lowest BCUT2D eigenvalue weighted by atomic mass is 10.1. The Labute approximate surface area is 117 Å². The first-order chi connectivity index (χ1) is 9.70. The van der Waals surface area contributed by atoms with Gasteiger partial charge in [0.15, 0.2) is 5.82 Å². The quantitative estimate of drug-likeness (QED) is 0.886. The number of anilines is 1. The lowest BCUT2D eigenvalue weighted by Gasteiger charge is -2.42. The number of fused-ring (bicyclic) bond motifs is 2. The molecule has 2 fully saturated rings. The summed E-state index contributed by atoms with van der Waals surface area (Å²) in [5.41, 5.74) is 6.05. The van der Waals surface area contributed by atoms with E-state index in [0.29, 0.717) is 31.7 Å². The van der Waals surface area contributed by atoms with E-state index in [1.807, 2.05) is 4.90 Å². The van der Waals surface area contributed by atoms with Crippen LogP contribution >= 0.6 is 0 Å². The van der Waals surface area contributed by atoms with Crippen molar-refractivity contribution in [1.29, 1.82) is 0 Å². The maximum absolute atomic E-state index is 13.9. The molecular formula is C14H19FN4O. The molecular weight excluding hydrogens is 259 g/mol. The number of nitrogens with two attached hydrogens (primary N) is 1. The van der Waals surface area contributed by atoms with Crippen LogP contribution in [0.1, 0.15) is 19.3 Å². The van der Waals surface area contributed by atoms with Crippen LogP contribution in [0.5, 0.6) is 0 Å². The molecule has 1 aromatic rings. The van der Waals surface area contributed by atoms with Crippen molar-refractivity contribution < 1.29 is 9.18 Å². The zero-order valence-electron chi connectivity index (χ0n) is 11.3. The molecule has 2 bridgehead atoms. The van der Waals surface area contributed by atoms with E-state index in [1.54, 1.807) is 12.3 Å². The van der Waals surface area contributed by atoms with Crippen molar-refractivity contribution in [2.75, 3.05) is 24.5 Å². The lowest BCUT2D eigenvalue weighted by Crippen LogP contribution is -2.56. The molecule has 20 heavy (non-hydrogen) atoms. The fourth-order valence-corrected chi connectivity index (χ4v) is 3.36. The summed E-state index contributed by atoms with van der Waals surface area (Å²) in [6, 6.07) is 2.12. The average molecular weight is 278 g/mol. The van der Waals surface area contributed by atoms with E-state index in [9.17, 15) is 9.18 Å². The molecule has 0 radical (unpaired) electrons. The highest BCUT2D eigenvalue weighted by molar-refractivity contribution is 5.77. The van der Waals surface area contributed by atoms with Gasteiger partial charge >= 0.3 is 0 Å². The molecule has 0 spiro atoms. The van der Waals surface area contributed by atoms with Crippen LogP contribution in [0.3, 0.4) is 0 Å². The van der Waals surface area contributed by atoms with Gasteiger partial charge in [-0.1, -0.05) is 0 Å². The Balaban J connectivity index is 1.79. The molecule has 2 N–H and O–H groups in total. The van der Waals surface area contributed by atoms with Gasteiger partial charge in [0.1, 0.15) is 0 Å². The molecule has 6 heteroatoms. The molecule has 1 aromatic heterocycles. The van der Waals surface area contributed by atoms with Crippen molar-refractivity contribution in [2.24, 2.45) is 5.73 Å². The van der Waals surface area contributed by atoms with Gasteiger partial charge in [-0.25, -0.2) is 4.39 Å². The van der Waals surface area contributed by atoms with E-state index >= 15 is 0 Å². The van der Waals surface area contributed by atoms with E-state index in [4.69, 9.17) is 5.73 Å². The molecule has 0 aromatic carbocycles. The molecule has 108 valence electrons. The number of likely N-dealkylation sites (tertiary alicyclic amines) is 1. The largest absolute Gasteiger partial charge is 0.360 e. The molecule has 2 aliphatic heterocycles. The van der Waals surface area contributed by atoms with Gasteiger partial charge in [-0.05, 0) is 18.9 Å². The van der Waals surface area contributed by atoms with Gasteiger partial charge in [-0.3, -0.25) is 9.78 Å². The molecule has 3 heterocycles. The van der Waals surface area contributed by atoms with E-state index in [2.05, 4.69) is 9.88 Å². The van der Waals surface area contributed by atoms with Crippen LogP contribution in [0, 0.1) is 5.82 Å². The van der Waals surface area contributed by atoms with E-state index in [-0.39, 0.29) is 23.8 Å². The summed E-state index contributed by atoms with van der Waals surface area (Å²) in [7, 11) is 0. The first-order valence-corrected chi connectivity index (χ1v) is 7.06. The number of pyridine rings is 1. The van der Waals surface area contributed by atoms with Crippen LogP contribution in [0.15, 0.2) is 18.5 Å². The van der Waals surface area contributed by atoms with Gasteiger partial charge in [-0.2, -0.15) is 0 Å². The minimum Gasteiger partial charge on any atom is -0.360 e. The number of nitrogens with zero attached hydrogens (tertiary/aromatic N) is 3. The summed E-state index contributed by atoms with van der Waals surface area (Å²) >= 11 is 0. The summed E-state index contributed by atoms with van der Waals surface area (Å²) in [4.78, 5) is 19.8. The number of aromatic nitrogens is 1. The highest BCUT2D eigenvalue weighted by Gasteiger charge is 2.41. The molecule has 2 atom stereocenters. The van der Waals surface area contributed by atoms with E-state index in [0.717, 1.165) is 12.8 Å². The number of amides is 1. The lowest BCUT2D eigenvalue weighted by molar-refractivity contribution is -0.131. The van der Waals surface area contributed by atoms with E-state index < -0.39 is 0 Å². The molecule has 0 unspecified atom stereocenters. The zero-order chi connectivity index (χ0) is 14.1. The summed E-state index contributed by atoms with van der Waals surface area (Å²) in [5, 5.41) is 0. The Morgan fingerprint density at radius 2 is 2.10 bits per heavy atom. The monoisotopic (exact) mass is 278 g/mol. The Kier molecular flexibility index (Phi) is 3.56. The van der Waals surface area contributed by atoms with Crippen LogP contribution < -0.4 is 10.6 Å². The van der Waals surface area contributed by atoms with Crippen LogP contribution in [0.25, 0.3) is 0 Å². The van der Waals surface area contributed by atoms with Crippen LogP contribution in [-0.4, -0.2) is 47.5 Å². The number of hydrogen-bond donors (Lipinski definition) is 1. The van der Waals surface area contributed by atoms with Gasteiger partial charge in [-0.15, -0.1) is 0 Å². The van der Waals surface area contributed by atoms with Crippen molar-refractivity contribution in [3.63, 3.8) is 0 Å².